The fourth-order valence-corrected chi connectivity index (χ4v) is 5.03. The van der Waals surface area contributed by atoms with Crippen LogP contribution in [0, 0.1) is 0 Å². The van der Waals surface area contributed by atoms with Crippen LogP contribution in [0.3, 0.4) is 0 Å². The minimum absolute atomic E-state index is 0.287. The molecule has 0 radical (unpaired) electrons. The van der Waals surface area contributed by atoms with Crippen LogP contribution in [0.4, 0.5) is 0 Å². The number of nitrogens with zero attached hydrogens (tertiary/aromatic N) is 1. The second-order valence-electron chi connectivity index (χ2n) is 9.15. The van der Waals surface area contributed by atoms with Gasteiger partial charge in [0.05, 0.1) is 6.61 Å². The van der Waals surface area contributed by atoms with Crippen molar-refractivity contribution in [3.63, 3.8) is 0 Å². The molecule has 6 atom stereocenters. The number of hydrogen-bond donors (Lipinski definition) is 4. The molecule has 0 unspecified atom stereocenters. The first kappa shape index (κ1) is 26.4. The average Bonchev–Trinajstić information content (AvgIpc) is 3.36. The molecule has 0 aliphatic carbocycles. The second-order valence-corrected chi connectivity index (χ2v) is 9.55. The maximum Gasteiger partial charge on any atom is 0.255 e. The number of benzene rings is 2. The van der Waals surface area contributed by atoms with E-state index in [0.717, 1.165) is 16.9 Å². The number of nitrogens with two attached hydrogens (primary N) is 1. The van der Waals surface area contributed by atoms with Gasteiger partial charge in [0.25, 0.3) is 5.91 Å². The van der Waals surface area contributed by atoms with E-state index in [1.165, 1.54) is 4.90 Å². The Balaban J connectivity index is 1.57. The van der Waals surface area contributed by atoms with Crippen molar-refractivity contribution in [3.05, 3.63) is 64.2 Å². The summed E-state index contributed by atoms with van der Waals surface area (Å²) >= 11 is 6.44. The minimum Gasteiger partial charge on any atom is -0.494 e. The molecule has 194 valence electrons. The second kappa shape index (κ2) is 11.1. The number of halogens is 1. The number of carbonyl (C=O) groups excluding carboxylic acids is 2. The monoisotopic (exact) mass is 518 g/mol. The Labute approximate surface area is 214 Å². The highest BCUT2D eigenvalue weighted by Crippen LogP contribution is 2.36. The molecule has 4 rings (SSSR count). The molecule has 0 bridgehead atoms. The van der Waals surface area contributed by atoms with Crippen molar-refractivity contribution in [3.8, 4) is 5.75 Å². The zero-order chi connectivity index (χ0) is 26.0. The lowest BCUT2D eigenvalue weighted by Gasteiger charge is -2.41. The lowest BCUT2D eigenvalue weighted by atomic mass is 9.89. The molecule has 0 saturated carbocycles. The average molecular weight is 519 g/mol. The smallest absolute Gasteiger partial charge is 0.255 e. The third-order valence-electron chi connectivity index (χ3n) is 6.75. The molecule has 2 aliphatic heterocycles. The molecule has 5 N–H and O–H groups in total. The molecular weight excluding hydrogens is 488 g/mol. The Morgan fingerprint density at radius 1 is 1.11 bits per heavy atom. The van der Waals surface area contributed by atoms with Gasteiger partial charge in [-0.05, 0) is 61.1 Å². The molecule has 2 amide bonds. The first-order chi connectivity index (χ1) is 17.2. The highest BCUT2D eigenvalue weighted by Gasteiger charge is 2.49. The maximum atomic E-state index is 13.2. The molecule has 9 nitrogen and oxygen atoms in total. The van der Waals surface area contributed by atoms with Gasteiger partial charge in [-0.25, -0.2) is 0 Å². The van der Waals surface area contributed by atoms with E-state index in [2.05, 4.69) is 0 Å². The lowest BCUT2D eigenvalue weighted by molar-refractivity contribution is -0.227. The Kier molecular flexibility index (Phi) is 8.17. The first-order valence-corrected chi connectivity index (χ1v) is 12.4. The Morgan fingerprint density at radius 2 is 1.83 bits per heavy atom. The van der Waals surface area contributed by atoms with Gasteiger partial charge in [0.2, 0.25) is 5.91 Å². The molecule has 2 aliphatic rings. The molecule has 0 aromatic heterocycles. The highest BCUT2D eigenvalue weighted by molar-refractivity contribution is 6.31. The summed E-state index contributed by atoms with van der Waals surface area (Å²) in [6.07, 6.45) is -5.89. The van der Waals surface area contributed by atoms with E-state index in [1.54, 1.807) is 18.2 Å². The van der Waals surface area contributed by atoms with Crippen molar-refractivity contribution >= 4 is 23.4 Å². The van der Waals surface area contributed by atoms with E-state index in [0.29, 0.717) is 36.5 Å². The molecular formula is C26H31ClN2O7. The number of amides is 2. The van der Waals surface area contributed by atoms with Crippen LogP contribution in [-0.4, -0.2) is 75.6 Å². The van der Waals surface area contributed by atoms with Gasteiger partial charge in [-0.2, -0.15) is 0 Å². The van der Waals surface area contributed by atoms with Crippen LogP contribution < -0.4 is 10.5 Å². The van der Waals surface area contributed by atoms with Crippen molar-refractivity contribution in [2.75, 3.05) is 13.2 Å². The predicted molar refractivity (Wildman–Crippen MR) is 131 cm³/mol. The first-order valence-electron chi connectivity index (χ1n) is 12.0. The maximum absolute atomic E-state index is 13.2. The van der Waals surface area contributed by atoms with Crippen molar-refractivity contribution < 1.29 is 34.4 Å². The van der Waals surface area contributed by atoms with Crippen molar-refractivity contribution in [1.29, 1.82) is 0 Å². The van der Waals surface area contributed by atoms with Crippen LogP contribution in [0.25, 0.3) is 0 Å². The number of aliphatic hydroxyl groups excluding tert-OH is 3. The van der Waals surface area contributed by atoms with E-state index in [1.807, 2.05) is 31.2 Å². The zero-order valence-electron chi connectivity index (χ0n) is 19.9. The molecule has 2 aromatic rings. The van der Waals surface area contributed by atoms with Gasteiger partial charge in [0.1, 0.15) is 36.2 Å². The van der Waals surface area contributed by atoms with Gasteiger partial charge in [0, 0.05) is 11.6 Å². The summed E-state index contributed by atoms with van der Waals surface area (Å²) in [6, 6.07) is 11.9. The van der Waals surface area contributed by atoms with Crippen molar-refractivity contribution in [2.24, 2.45) is 5.73 Å². The number of aliphatic hydroxyl groups is 3. The van der Waals surface area contributed by atoms with Gasteiger partial charge in [0.15, 0.2) is 6.10 Å². The summed E-state index contributed by atoms with van der Waals surface area (Å²) in [6.45, 7) is 2.77. The van der Waals surface area contributed by atoms with E-state index in [-0.39, 0.29) is 6.54 Å². The SMILES string of the molecule is CCOc1ccc(Cc2cc([C@@H]3O[C@H](C(=O)N4CCC[C@H]4C(N)=O)[C@H](O)[C@@H](O)[C@H]3O)ccc2Cl)cc1. The van der Waals surface area contributed by atoms with Gasteiger partial charge in [-0.1, -0.05) is 35.9 Å². The molecule has 36 heavy (non-hydrogen) atoms. The van der Waals surface area contributed by atoms with Crippen molar-refractivity contribution in [2.45, 2.75) is 62.7 Å². The van der Waals surface area contributed by atoms with Gasteiger partial charge >= 0.3 is 0 Å². The Morgan fingerprint density at radius 3 is 2.50 bits per heavy atom. The summed E-state index contributed by atoms with van der Waals surface area (Å²) in [7, 11) is 0. The summed E-state index contributed by atoms with van der Waals surface area (Å²) in [4.78, 5) is 26.2. The van der Waals surface area contributed by atoms with E-state index in [9.17, 15) is 24.9 Å². The molecule has 2 heterocycles. The highest BCUT2D eigenvalue weighted by atomic mass is 35.5. The zero-order valence-corrected chi connectivity index (χ0v) is 20.7. The predicted octanol–water partition coefficient (Wildman–Crippen LogP) is 1.33. The number of hydrogen-bond acceptors (Lipinski definition) is 7. The quantitative estimate of drug-likeness (QED) is 0.433. The van der Waals surface area contributed by atoms with Crippen molar-refractivity contribution in [1.82, 2.24) is 4.90 Å². The molecule has 2 saturated heterocycles. The molecule has 2 aromatic carbocycles. The van der Waals surface area contributed by atoms with Gasteiger partial charge in [-0.3, -0.25) is 9.59 Å². The number of primary amides is 1. The van der Waals surface area contributed by atoms with E-state index in [4.69, 9.17) is 26.8 Å². The minimum atomic E-state index is -1.67. The summed E-state index contributed by atoms with van der Waals surface area (Å²) in [5.41, 5.74) is 7.66. The largest absolute Gasteiger partial charge is 0.494 e. The third-order valence-corrected chi connectivity index (χ3v) is 7.12. The molecule has 2 fully saturated rings. The standard InChI is InChI=1S/C26H31ClN2O7/c1-2-35-17-8-5-14(6-9-17)12-16-13-15(7-10-18(16)27)23-21(31)20(30)22(32)24(36-23)26(34)29-11-3-4-19(29)25(28)33/h5-10,13,19-24,30-32H,2-4,11-12H2,1H3,(H2,28,33)/t19-,20-,21+,22+,23-,24-/m0/s1. The number of likely N-dealkylation sites (tertiary alicyclic amines) is 1. The van der Waals surface area contributed by atoms with Crippen LogP contribution in [-0.2, 0) is 20.7 Å². The summed E-state index contributed by atoms with van der Waals surface area (Å²) in [5.74, 6) is -0.525. The summed E-state index contributed by atoms with van der Waals surface area (Å²) in [5, 5.41) is 32.3. The molecule has 10 heteroatoms. The normalized spacial score (nSPS) is 28.2. The van der Waals surface area contributed by atoms with Crippen LogP contribution in [0.2, 0.25) is 5.02 Å². The van der Waals surface area contributed by atoms with E-state index >= 15 is 0 Å². The number of ether oxygens (including phenoxy) is 2. The van der Waals surface area contributed by atoms with Gasteiger partial charge < -0.3 is 35.4 Å². The fourth-order valence-electron chi connectivity index (χ4n) is 4.85. The third kappa shape index (κ3) is 5.35. The van der Waals surface area contributed by atoms with Gasteiger partial charge in [-0.15, -0.1) is 0 Å². The van der Waals surface area contributed by atoms with Crippen LogP contribution in [0.15, 0.2) is 42.5 Å². The lowest BCUT2D eigenvalue weighted by Crippen LogP contribution is -2.60. The summed E-state index contributed by atoms with van der Waals surface area (Å²) < 4.78 is 11.4. The van der Waals surface area contributed by atoms with Crippen LogP contribution >= 0.6 is 11.6 Å². The number of rotatable bonds is 7. The fraction of sp³-hybridized carbons (Fsp3) is 0.462. The molecule has 0 spiro atoms. The topological polar surface area (TPSA) is 143 Å². The van der Waals surface area contributed by atoms with Crippen LogP contribution in [0.5, 0.6) is 5.75 Å². The Bertz CT molecular complexity index is 1100. The van der Waals surface area contributed by atoms with E-state index < -0.39 is 48.4 Å². The number of carbonyl (C=O) groups is 2. The van der Waals surface area contributed by atoms with Crippen LogP contribution in [0.1, 0.15) is 42.6 Å². The Hall–Kier alpha value is -2.69.